The fraction of sp³-hybridized carbons (Fsp3) is 0.651. The number of morpholine rings is 1. The molecule has 59 heavy (non-hydrogen) atoms. The first-order chi connectivity index (χ1) is 27.9. The van der Waals surface area contributed by atoms with E-state index in [9.17, 15) is 22.8 Å². The van der Waals surface area contributed by atoms with Gasteiger partial charge in [-0.05, 0) is 84.1 Å². The summed E-state index contributed by atoms with van der Waals surface area (Å²) >= 11 is 0. The Hall–Kier alpha value is -4.44. The highest BCUT2D eigenvalue weighted by atomic mass is 32.2. The molecule has 1 aromatic carbocycles. The third kappa shape index (κ3) is 9.18. The second-order valence-corrected chi connectivity index (χ2v) is 20.6. The molecule has 4 heterocycles. The van der Waals surface area contributed by atoms with Crippen LogP contribution in [0, 0.1) is 17.8 Å². The lowest BCUT2D eigenvalue weighted by atomic mass is 9.85. The summed E-state index contributed by atoms with van der Waals surface area (Å²) in [6, 6.07) is 5.65. The molecule has 15 nitrogen and oxygen atoms in total. The fourth-order valence-corrected chi connectivity index (χ4v) is 10.0. The lowest BCUT2D eigenvalue weighted by molar-refractivity contribution is -0.142. The van der Waals surface area contributed by atoms with Gasteiger partial charge in [-0.2, -0.15) is 0 Å². The van der Waals surface area contributed by atoms with Gasteiger partial charge in [-0.15, -0.1) is 0 Å². The Labute approximate surface area is 347 Å². The number of pyridine rings is 1. The summed E-state index contributed by atoms with van der Waals surface area (Å²) in [6.07, 6.45) is 8.00. The van der Waals surface area contributed by atoms with Crippen molar-refractivity contribution in [1.82, 2.24) is 25.2 Å². The minimum atomic E-state index is -4.00. The summed E-state index contributed by atoms with van der Waals surface area (Å²) in [5.41, 5.74) is -1.40. The predicted octanol–water partition coefficient (Wildman–Crippen LogP) is 4.59. The molecule has 5 aliphatic rings. The molecule has 4 fully saturated rings. The lowest BCUT2D eigenvalue weighted by Crippen LogP contribution is -2.59. The van der Waals surface area contributed by atoms with Crippen LogP contribution in [0.5, 0.6) is 5.88 Å². The number of carbonyl (C=O) groups excluding carboxylic acids is 4. The van der Waals surface area contributed by atoms with E-state index in [0.717, 1.165) is 36.0 Å². The van der Waals surface area contributed by atoms with Crippen LogP contribution in [0.3, 0.4) is 0 Å². The minimum absolute atomic E-state index is 0.00805. The van der Waals surface area contributed by atoms with Crippen LogP contribution in [0.25, 0.3) is 10.8 Å². The first-order valence-electron chi connectivity index (χ1n) is 21.2. The Bertz CT molecular complexity index is 2080. The van der Waals surface area contributed by atoms with E-state index in [1.807, 2.05) is 43.3 Å². The first-order valence-corrected chi connectivity index (χ1v) is 22.6. The Morgan fingerprint density at radius 3 is 2.47 bits per heavy atom. The quantitative estimate of drug-likeness (QED) is 0.316. The van der Waals surface area contributed by atoms with Crippen LogP contribution < -0.4 is 25.0 Å². The summed E-state index contributed by atoms with van der Waals surface area (Å²) in [6.45, 7) is 13.6. The summed E-state index contributed by atoms with van der Waals surface area (Å²) in [7, 11) is -4.00. The van der Waals surface area contributed by atoms with Crippen LogP contribution in [-0.4, -0.2) is 109 Å². The lowest BCUT2D eigenvalue weighted by Gasteiger charge is -2.34. The fourth-order valence-electron chi connectivity index (χ4n) is 8.71. The van der Waals surface area contributed by atoms with Crippen molar-refractivity contribution in [2.45, 2.75) is 127 Å². The van der Waals surface area contributed by atoms with Gasteiger partial charge in [0.15, 0.2) is 0 Å². The molecule has 2 saturated carbocycles. The highest BCUT2D eigenvalue weighted by molar-refractivity contribution is 7.91. The zero-order valence-corrected chi connectivity index (χ0v) is 35.9. The molecule has 3 aliphatic heterocycles. The number of alkyl carbamates (subject to hydrolysis) is 1. The third-order valence-corrected chi connectivity index (χ3v) is 14.8. The average molecular weight is 837 g/mol. The zero-order chi connectivity index (χ0) is 42.3. The number of sulfonamides is 1. The van der Waals surface area contributed by atoms with Crippen LogP contribution in [-0.2, 0) is 33.9 Å². The molecule has 1 aromatic heterocycles. The molecule has 2 aliphatic carbocycles. The third-order valence-electron chi connectivity index (χ3n) is 12.6. The van der Waals surface area contributed by atoms with E-state index in [1.165, 1.54) is 4.90 Å². The van der Waals surface area contributed by atoms with Gasteiger partial charge in [-0.3, -0.25) is 19.1 Å². The maximum Gasteiger partial charge on any atom is 0.408 e. The maximum absolute atomic E-state index is 15.0. The van der Waals surface area contributed by atoms with Crippen LogP contribution in [0.2, 0.25) is 0 Å². The molecule has 0 radical (unpaired) electrons. The number of nitrogens with one attached hydrogen (secondary N) is 3. The molecule has 322 valence electrons. The number of anilines is 1. The number of carbonyl (C=O) groups is 4. The van der Waals surface area contributed by atoms with Crippen molar-refractivity contribution >= 4 is 50.3 Å². The average Bonchev–Trinajstić information content (AvgIpc) is 4.07. The Balaban J connectivity index is 1.23. The van der Waals surface area contributed by atoms with E-state index in [-0.39, 0.29) is 31.2 Å². The monoisotopic (exact) mass is 836 g/mol. The van der Waals surface area contributed by atoms with Crippen LogP contribution >= 0.6 is 0 Å². The van der Waals surface area contributed by atoms with Crippen molar-refractivity contribution in [2.24, 2.45) is 17.8 Å². The number of benzene rings is 1. The van der Waals surface area contributed by atoms with Crippen molar-refractivity contribution in [2.75, 3.05) is 37.7 Å². The largest absolute Gasteiger partial charge is 0.472 e. The standard InChI is InChI=1S/C43H60N6O9S/c1-7-28-22-27(2)12-8-9-13-29-24-43(29,39(52)47-59(54,55)42(6)16-17-42)46-36(50)33-23-30(26-49(33)38(51)35(28)45-40(53)58-41(3,4)5)57-37-32-15-11-10-14-31(32)34(25-44-37)48-18-20-56-21-19-48/h9-11,13-15,25,27-30,33,35H,7-8,12,16-24,26H2,1-6H3,(H,45,53)(H,46,50)(H,47,52)/b13-9-/t27-,28+,29+,30+,33-,35-,43+/m0/s1. The molecule has 0 unspecified atom stereocenters. The van der Waals surface area contributed by atoms with Crippen molar-refractivity contribution < 1.29 is 41.8 Å². The van der Waals surface area contributed by atoms with Gasteiger partial charge in [0.05, 0.1) is 36.4 Å². The molecule has 7 rings (SSSR count). The maximum atomic E-state index is 15.0. The Morgan fingerprint density at radius 2 is 1.80 bits per heavy atom. The highest BCUT2D eigenvalue weighted by Gasteiger charge is 2.63. The second kappa shape index (κ2) is 16.5. The van der Waals surface area contributed by atoms with E-state index >= 15 is 4.79 Å². The van der Waals surface area contributed by atoms with Crippen molar-refractivity contribution in [3.05, 3.63) is 42.6 Å². The number of rotatable bonds is 8. The van der Waals surface area contributed by atoms with Gasteiger partial charge in [0.1, 0.15) is 29.3 Å². The van der Waals surface area contributed by atoms with Crippen molar-refractivity contribution in [3.8, 4) is 5.88 Å². The normalized spacial score (nSPS) is 30.5. The Kier molecular flexibility index (Phi) is 12.0. The minimum Gasteiger partial charge on any atom is -0.472 e. The molecule has 16 heteroatoms. The van der Waals surface area contributed by atoms with E-state index in [2.05, 4.69) is 27.2 Å². The molecule has 0 spiro atoms. The van der Waals surface area contributed by atoms with Crippen molar-refractivity contribution in [1.29, 1.82) is 0 Å². The number of nitrogens with zero attached hydrogens (tertiary/aromatic N) is 3. The number of hydrogen-bond donors (Lipinski definition) is 3. The van der Waals surface area contributed by atoms with Crippen molar-refractivity contribution in [3.63, 3.8) is 0 Å². The number of ether oxygens (including phenoxy) is 3. The number of hydrogen-bond acceptors (Lipinski definition) is 11. The van der Waals surface area contributed by atoms with Crippen LogP contribution in [0.15, 0.2) is 42.6 Å². The number of allylic oxidation sites excluding steroid dienone is 1. The van der Waals surface area contributed by atoms with E-state index in [1.54, 1.807) is 33.9 Å². The van der Waals surface area contributed by atoms with E-state index < -0.39 is 73.8 Å². The first kappa shape index (κ1) is 42.7. The van der Waals surface area contributed by atoms with E-state index in [4.69, 9.17) is 19.2 Å². The Morgan fingerprint density at radius 1 is 1.08 bits per heavy atom. The van der Waals surface area contributed by atoms with Crippen LogP contribution in [0.4, 0.5) is 10.5 Å². The topological polar surface area (TPSA) is 186 Å². The molecule has 3 N–H and O–H groups in total. The summed E-state index contributed by atoms with van der Waals surface area (Å²) in [4.78, 5) is 65.6. The summed E-state index contributed by atoms with van der Waals surface area (Å²) in [5, 5.41) is 7.54. The molecule has 4 amide bonds. The molecule has 2 aromatic rings. The molecule has 7 atom stereocenters. The van der Waals surface area contributed by atoms with Gasteiger partial charge in [0.25, 0.3) is 5.91 Å². The molecule has 0 bridgehead atoms. The van der Waals surface area contributed by atoms with Gasteiger partial charge in [-0.25, -0.2) is 18.2 Å². The second-order valence-electron chi connectivity index (χ2n) is 18.4. The number of aromatic nitrogens is 1. The van der Waals surface area contributed by atoms with Crippen LogP contribution in [0.1, 0.15) is 92.9 Å². The predicted molar refractivity (Wildman–Crippen MR) is 222 cm³/mol. The van der Waals surface area contributed by atoms with E-state index in [0.29, 0.717) is 51.2 Å². The highest BCUT2D eigenvalue weighted by Crippen LogP contribution is 2.48. The molecular weight excluding hydrogens is 777 g/mol. The van der Waals surface area contributed by atoms with Gasteiger partial charge >= 0.3 is 6.09 Å². The van der Waals surface area contributed by atoms with Gasteiger partial charge in [-0.1, -0.05) is 50.6 Å². The number of fused-ring (bicyclic) bond motifs is 3. The van der Waals surface area contributed by atoms with Gasteiger partial charge in [0, 0.05) is 36.2 Å². The summed E-state index contributed by atoms with van der Waals surface area (Å²) in [5.74, 6) is -2.10. The van der Waals surface area contributed by atoms with Gasteiger partial charge in [0.2, 0.25) is 27.7 Å². The summed E-state index contributed by atoms with van der Waals surface area (Å²) < 4.78 is 45.6. The molecule has 2 saturated heterocycles. The number of amides is 4. The van der Waals surface area contributed by atoms with Gasteiger partial charge < -0.3 is 34.6 Å². The molecular formula is C43H60N6O9S. The zero-order valence-electron chi connectivity index (χ0n) is 35.1. The SMILES string of the molecule is CC[C@@H]1C[C@@H](C)CC/C=C\[C@@H]2C[C@@]2(C(=O)NS(=O)(=O)C2(C)CC2)NC(=O)[C@@H]2C[C@@H](Oc3ncc(N4CCOCC4)c4ccccc34)CN2C(=O)[C@H]1NC(=O)OC(C)(C)C. The smallest absolute Gasteiger partial charge is 0.408 e.